The molecule has 0 spiro atoms. The SMILES string of the molecule is Nc1ccc(N2N=C(C(F)F)CC2=O)cc1. The minimum Gasteiger partial charge on any atom is -0.399 e. The average molecular weight is 225 g/mol. The average Bonchev–Trinajstić information content (AvgIpc) is 2.62. The summed E-state index contributed by atoms with van der Waals surface area (Å²) in [6.45, 7) is 0. The number of carbonyl (C=O) groups excluding carboxylic acids is 1. The summed E-state index contributed by atoms with van der Waals surface area (Å²) in [6.07, 6.45) is -3.02. The monoisotopic (exact) mass is 225 g/mol. The Kier molecular flexibility index (Phi) is 2.55. The Bertz CT molecular complexity index is 442. The molecule has 1 amide bonds. The normalized spacial score (nSPS) is 15.8. The molecule has 0 bridgehead atoms. The lowest BCUT2D eigenvalue weighted by Crippen LogP contribution is -2.19. The summed E-state index contributed by atoms with van der Waals surface area (Å²) in [5.74, 6) is -0.458. The van der Waals surface area contributed by atoms with Gasteiger partial charge in [-0.2, -0.15) is 5.10 Å². The molecule has 0 fully saturated rings. The summed E-state index contributed by atoms with van der Waals surface area (Å²) in [7, 11) is 0. The number of benzene rings is 1. The second-order valence-corrected chi connectivity index (χ2v) is 3.37. The van der Waals surface area contributed by atoms with Gasteiger partial charge in [0.2, 0.25) is 0 Å². The zero-order valence-corrected chi connectivity index (χ0v) is 8.23. The van der Waals surface area contributed by atoms with Gasteiger partial charge in [-0.25, -0.2) is 13.8 Å². The van der Waals surface area contributed by atoms with E-state index in [-0.39, 0.29) is 6.42 Å². The number of hydrogen-bond donors (Lipinski definition) is 1. The highest BCUT2D eigenvalue weighted by Gasteiger charge is 2.29. The van der Waals surface area contributed by atoms with E-state index in [2.05, 4.69) is 5.10 Å². The van der Waals surface area contributed by atoms with Crippen molar-refractivity contribution in [2.45, 2.75) is 12.8 Å². The van der Waals surface area contributed by atoms with Gasteiger partial charge in [0, 0.05) is 5.69 Å². The third kappa shape index (κ3) is 1.86. The van der Waals surface area contributed by atoms with Crippen LogP contribution in [0.15, 0.2) is 29.4 Å². The van der Waals surface area contributed by atoms with Crippen LogP contribution in [-0.2, 0) is 4.79 Å². The molecule has 2 rings (SSSR count). The Morgan fingerprint density at radius 1 is 1.31 bits per heavy atom. The number of amides is 1. The quantitative estimate of drug-likeness (QED) is 0.777. The lowest BCUT2D eigenvalue weighted by molar-refractivity contribution is -0.117. The van der Waals surface area contributed by atoms with Crippen LogP contribution < -0.4 is 10.7 Å². The zero-order chi connectivity index (χ0) is 11.7. The molecule has 0 atom stereocenters. The van der Waals surface area contributed by atoms with Crippen LogP contribution in [0, 0.1) is 0 Å². The van der Waals surface area contributed by atoms with Crippen LogP contribution in [0.1, 0.15) is 6.42 Å². The van der Waals surface area contributed by atoms with Crippen LogP contribution in [0.5, 0.6) is 0 Å². The topological polar surface area (TPSA) is 58.7 Å². The Hall–Kier alpha value is -1.98. The summed E-state index contributed by atoms with van der Waals surface area (Å²) in [6, 6.07) is 6.29. The molecule has 0 radical (unpaired) electrons. The van der Waals surface area contributed by atoms with Gasteiger partial charge in [0.05, 0.1) is 12.1 Å². The molecule has 1 aromatic rings. The molecule has 0 saturated carbocycles. The van der Waals surface area contributed by atoms with Crippen LogP contribution in [0.4, 0.5) is 20.2 Å². The Morgan fingerprint density at radius 3 is 2.44 bits per heavy atom. The molecule has 0 unspecified atom stereocenters. The predicted octanol–water partition coefficient (Wildman–Crippen LogP) is 1.63. The molecule has 4 nitrogen and oxygen atoms in total. The van der Waals surface area contributed by atoms with E-state index < -0.39 is 18.0 Å². The Morgan fingerprint density at radius 2 is 1.94 bits per heavy atom. The van der Waals surface area contributed by atoms with Crippen LogP contribution in [-0.4, -0.2) is 18.0 Å². The molecule has 2 N–H and O–H groups in total. The summed E-state index contributed by atoms with van der Waals surface area (Å²) >= 11 is 0. The largest absolute Gasteiger partial charge is 0.399 e. The van der Waals surface area contributed by atoms with E-state index in [0.29, 0.717) is 11.4 Å². The van der Waals surface area contributed by atoms with Crippen LogP contribution in [0.25, 0.3) is 0 Å². The molecule has 1 aliphatic rings. The first-order valence-electron chi connectivity index (χ1n) is 4.62. The fourth-order valence-corrected chi connectivity index (χ4v) is 1.39. The minimum atomic E-state index is -2.69. The number of hydrogen-bond acceptors (Lipinski definition) is 3. The predicted molar refractivity (Wildman–Crippen MR) is 56.4 cm³/mol. The van der Waals surface area contributed by atoms with Gasteiger partial charge in [-0.05, 0) is 24.3 Å². The van der Waals surface area contributed by atoms with Gasteiger partial charge < -0.3 is 5.73 Å². The summed E-state index contributed by atoms with van der Waals surface area (Å²) < 4.78 is 24.7. The highest BCUT2D eigenvalue weighted by atomic mass is 19.3. The van der Waals surface area contributed by atoms with Crippen molar-refractivity contribution in [3.8, 4) is 0 Å². The van der Waals surface area contributed by atoms with Crippen molar-refractivity contribution in [3.05, 3.63) is 24.3 Å². The van der Waals surface area contributed by atoms with Crippen molar-refractivity contribution in [2.24, 2.45) is 5.10 Å². The number of anilines is 2. The Balaban J connectivity index is 2.28. The Labute approximate surface area is 90.3 Å². The molecule has 0 saturated heterocycles. The van der Waals surface area contributed by atoms with Crippen LogP contribution in [0.3, 0.4) is 0 Å². The number of halogens is 2. The smallest absolute Gasteiger partial charge is 0.278 e. The molecule has 0 aromatic heterocycles. The van der Waals surface area contributed by atoms with Crippen molar-refractivity contribution >= 4 is 23.0 Å². The van der Waals surface area contributed by atoms with Gasteiger partial charge in [0.1, 0.15) is 5.71 Å². The molecular formula is C10H9F2N3O. The van der Waals surface area contributed by atoms with Crippen molar-refractivity contribution in [2.75, 3.05) is 10.7 Å². The van der Waals surface area contributed by atoms with Crippen molar-refractivity contribution < 1.29 is 13.6 Å². The molecule has 1 aromatic carbocycles. The number of rotatable bonds is 2. The summed E-state index contributed by atoms with van der Waals surface area (Å²) in [5.41, 5.74) is 6.05. The summed E-state index contributed by atoms with van der Waals surface area (Å²) in [5, 5.41) is 4.55. The maximum Gasteiger partial charge on any atom is 0.278 e. The van der Waals surface area contributed by atoms with Crippen LogP contribution in [0.2, 0.25) is 0 Å². The number of nitrogens with two attached hydrogens (primary N) is 1. The van der Waals surface area contributed by atoms with Crippen molar-refractivity contribution in [1.29, 1.82) is 0 Å². The third-order valence-electron chi connectivity index (χ3n) is 2.19. The first kappa shape index (κ1) is 10.5. The van der Waals surface area contributed by atoms with Gasteiger partial charge in [-0.15, -0.1) is 0 Å². The van der Waals surface area contributed by atoms with Gasteiger partial charge in [-0.3, -0.25) is 4.79 Å². The highest BCUT2D eigenvalue weighted by Crippen LogP contribution is 2.23. The van der Waals surface area contributed by atoms with E-state index in [1.807, 2.05) is 0 Å². The molecule has 0 aliphatic carbocycles. The van der Waals surface area contributed by atoms with E-state index in [4.69, 9.17) is 5.73 Å². The van der Waals surface area contributed by atoms with E-state index in [0.717, 1.165) is 5.01 Å². The molecule has 84 valence electrons. The maximum atomic E-state index is 12.3. The highest BCUT2D eigenvalue weighted by molar-refractivity contribution is 6.14. The van der Waals surface area contributed by atoms with E-state index in [9.17, 15) is 13.6 Å². The molecule has 6 heteroatoms. The molecule has 16 heavy (non-hydrogen) atoms. The molecular weight excluding hydrogens is 216 g/mol. The number of alkyl halides is 2. The van der Waals surface area contributed by atoms with E-state index in [1.165, 1.54) is 0 Å². The first-order chi connectivity index (χ1) is 7.58. The fourth-order valence-electron chi connectivity index (χ4n) is 1.39. The van der Waals surface area contributed by atoms with Gasteiger partial charge >= 0.3 is 0 Å². The lowest BCUT2D eigenvalue weighted by atomic mass is 10.2. The zero-order valence-electron chi connectivity index (χ0n) is 8.23. The summed E-state index contributed by atoms with van der Waals surface area (Å²) in [4.78, 5) is 11.4. The number of nitrogens with zero attached hydrogens (tertiary/aromatic N) is 2. The van der Waals surface area contributed by atoms with E-state index >= 15 is 0 Å². The molecule has 1 heterocycles. The molecule has 1 aliphatic heterocycles. The number of nitrogen functional groups attached to an aromatic ring is 1. The third-order valence-corrected chi connectivity index (χ3v) is 2.19. The lowest BCUT2D eigenvalue weighted by Gasteiger charge is -2.11. The second kappa shape index (κ2) is 3.88. The van der Waals surface area contributed by atoms with Gasteiger partial charge in [0.15, 0.2) is 0 Å². The van der Waals surface area contributed by atoms with Gasteiger partial charge in [0.25, 0.3) is 12.3 Å². The number of hydrazone groups is 1. The van der Waals surface area contributed by atoms with Gasteiger partial charge in [-0.1, -0.05) is 0 Å². The van der Waals surface area contributed by atoms with E-state index in [1.54, 1.807) is 24.3 Å². The maximum absolute atomic E-state index is 12.3. The first-order valence-corrected chi connectivity index (χ1v) is 4.62. The standard InChI is InChI=1S/C10H9F2N3O/c11-10(12)8-5-9(16)15(14-8)7-3-1-6(13)2-4-7/h1-4,10H,5,13H2. The van der Waals surface area contributed by atoms with Crippen molar-refractivity contribution in [1.82, 2.24) is 0 Å². The fraction of sp³-hybridized carbons (Fsp3) is 0.200. The second-order valence-electron chi connectivity index (χ2n) is 3.37. The van der Waals surface area contributed by atoms with Crippen molar-refractivity contribution in [3.63, 3.8) is 0 Å². The minimum absolute atomic E-state index is 0.331. The van der Waals surface area contributed by atoms with Crippen LogP contribution >= 0.6 is 0 Å². The number of carbonyl (C=O) groups is 1.